The first kappa shape index (κ1) is 13.6. The van der Waals surface area contributed by atoms with Gasteiger partial charge in [-0.2, -0.15) is 0 Å². The molecule has 0 unspecified atom stereocenters. The van der Waals surface area contributed by atoms with Crippen LogP contribution in [-0.2, 0) is 6.54 Å². The van der Waals surface area contributed by atoms with Crippen molar-refractivity contribution in [3.63, 3.8) is 0 Å². The van der Waals surface area contributed by atoms with Crippen molar-refractivity contribution >= 4 is 11.6 Å². The summed E-state index contributed by atoms with van der Waals surface area (Å²) in [7, 11) is 0. The van der Waals surface area contributed by atoms with Crippen LogP contribution in [0.3, 0.4) is 0 Å². The Morgan fingerprint density at radius 3 is 2.53 bits per heavy atom. The first-order valence-electron chi connectivity index (χ1n) is 5.81. The maximum atomic E-state index is 11.2. The first-order valence-corrected chi connectivity index (χ1v) is 6.19. The number of aromatic hydroxyl groups is 1. The molecule has 2 rings (SSSR count). The molecule has 0 radical (unpaired) electrons. The van der Waals surface area contributed by atoms with E-state index >= 15 is 0 Å². The summed E-state index contributed by atoms with van der Waals surface area (Å²) in [5.74, 6) is -0.286. The predicted molar refractivity (Wildman–Crippen MR) is 73.5 cm³/mol. The van der Waals surface area contributed by atoms with Crippen molar-refractivity contribution in [1.82, 2.24) is 4.57 Å². The third-order valence-corrected chi connectivity index (χ3v) is 3.29. The third-order valence-electron chi connectivity index (χ3n) is 3.04. The second kappa shape index (κ2) is 5.47. The normalized spacial score (nSPS) is 12.4. The first-order chi connectivity index (χ1) is 8.99. The second-order valence-corrected chi connectivity index (χ2v) is 4.77. The summed E-state index contributed by atoms with van der Waals surface area (Å²) in [5.41, 5.74) is 0.734. The lowest BCUT2D eigenvalue weighted by Gasteiger charge is -2.16. The van der Waals surface area contributed by atoms with Crippen molar-refractivity contribution in [1.29, 1.82) is 0 Å². The predicted octanol–water partition coefficient (Wildman–Crippen LogP) is 2.25. The van der Waals surface area contributed by atoms with Gasteiger partial charge in [-0.05, 0) is 24.6 Å². The van der Waals surface area contributed by atoms with E-state index in [1.807, 2.05) is 0 Å². The molecule has 0 fully saturated rings. The van der Waals surface area contributed by atoms with Crippen LogP contribution in [0.5, 0.6) is 5.75 Å². The summed E-state index contributed by atoms with van der Waals surface area (Å²) in [6.45, 7) is 1.88. The average Bonchev–Trinajstić information content (AvgIpc) is 2.40. The highest BCUT2D eigenvalue weighted by molar-refractivity contribution is 6.30. The molecule has 1 aromatic carbocycles. The van der Waals surface area contributed by atoms with E-state index in [4.69, 9.17) is 11.6 Å². The van der Waals surface area contributed by atoms with Crippen molar-refractivity contribution in [2.45, 2.75) is 19.6 Å². The highest BCUT2D eigenvalue weighted by atomic mass is 35.5. The van der Waals surface area contributed by atoms with Gasteiger partial charge in [0.15, 0.2) is 5.75 Å². The standard InChI is InChI=1S/C14H14ClNO3/c1-9-14(19)12(17)6-7-16(9)8-13(18)10-2-4-11(15)5-3-10/h2-7,13,18-19H,8H2,1H3/t13-/m1/s1. The number of hydrogen-bond donors (Lipinski definition) is 2. The fourth-order valence-electron chi connectivity index (χ4n) is 1.84. The molecule has 0 saturated carbocycles. The molecule has 100 valence electrons. The summed E-state index contributed by atoms with van der Waals surface area (Å²) in [5, 5.41) is 20.3. The van der Waals surface area contributed by atoms with Crippen LogP contribution < -0.4 is 5.43 Å². The second-order valence-electron chi connectivity index (χ2n) is 4.33. The van der Waals surface area contributed by atoms with Gasteiger partial charge in [0, 0.05) is 17.3 Å². The quantitative estimate of drug-likeness (QED) is 0.906. The van der Waals surface area contributed by atoms with Gasteiger partial charge in [0.1, 0.15) is 0 Å². The van der Waals surface area contributed by atoms with Crippen molar-refractivity contribution in [3.8, 4) is 5.75 Å². The number of rotatable bonds is 3. The van der Waals surface area contributed by atoms with E-state index in [1.165, 1.54) is 6.07 Å². The van der Waals surface area contributed by atoms with Crippen LogP contribution >= 0.6 is 11.6 Å². The molecule has 0 aliphatic rings. The minimum atomic E-state index is -0.738. The monoisotopic (exact) mass is 279 g/mol. The van der Waals surface area contributed by atoms with Gasteiger partial charge in [0.25, 0.3) is 0 Å². The Morgan fingerprint density at radius 2 is 1.89 bits per heavy atom. The number of hydrogen-bond acceptors (Lipinski definition) is 3. The lowest BCUT2D eigenvalue weighted by Crippen LogP contribution is -2.14. The Morgan fingerprint density at radius 1 is 1.26 bits per heavy atom. The van der Waals surface area contributed by atoms with Gasteiger partial charge in [-0.25, -0.2) is 0 Å². The molecule has 2 N–H and O–H groups in total. The van der Waals surface area contributed by atoms with E-state index in [2.05, 4.69) is 0 Å². The zero-order chi connectivity index (χ0) is 14.0. The van der Waals surface area contributed by atoms with Crippen LogP contribution in [0.25, 0.3) is 0 Å². The van der Waals surface area contributed by atoms with Crippen LogP contribution in [0.4, 0.5) is 0 Å². The Bertz CT molecular complexity index is 634. The number of aliphatic hydroxyl groups is 1. The molecule has 1 atom stereocenters. The lowest BCUT2D eigenvalue weighted by atomic mass is 10.1. The fraction of sp³-hybridized carbons (Fsp3) is 0.214. The van der Waals surface area contributed by atoms with E-state index in [0.29, 0.717) is 10.7 Å². The zero-order valence-electron chi connectivity index (χ0n) is 10.4. The van der Waals surface area contributed by atoms with Crippen molar-refractivity contribution in [2.75, 3.05) is 0 Å². The van der Waals surface area contributed by atoms with Crippen LogP contribution in [0.2, 0.25) is 5.02 Å². The number of halogens is 1. The minimum absolute atomic E-state index is 0.251. The molecule has 0 spiro atoms. The van der Waals surface area contributed by atoms with Crippen LogP contribution in [-0.4, -0.2) is 14.8 Å². The van der Waals surface area contributed by atoms with E-state index in [1.54, 1.807) is 42.0 Å². The summed E-state index contributed by atoms with van der Waals surface area (Å²) in [6, 6.07) is 8.16. The van der Waals surface area contributed by atoms with Gasteiger partial charge in [-0.1, -0.05) is 23.7 Å². The maximum Gasteiger partial charge on any atom is 0.223 e. The van der Waals surface area contributed by atoms with Gasteiger partial charge in [0.05, 0.1) is 18.3 Å². The summed E-state index contributed by atoms with van der Waals surface area (Å²) in [4.78, 5) is 11.2. The Balaban J connectivity index is 2.24. The molecule has 5 heteroatoms. The molecule has 0 amide bonds. The maximum absolute atomic E-state index is 11.2. The largest absolute Gasteiger partial charge is 0.503 e. The van der Waals surface area contributed by atoms with Crippen LogP contribution in [0, 0.1) is 6.92 Å². The molecule has 4 nitrogen and oxygen atoms in total. The molecule has 19 heavy (non-hydrogen) atoms. The SMILES string of the molecule is Cc1c(O)c(=O)ccn1C[C@@H](O)c1ccc(Cl)cc1. The molecule has 1 heterocycles. The Hall–Kier alpha value is -1.78. The van der Waals surface area contributed by atoms with E-state index in [-0.39, 0.29) is 12.3 Å². The zero-order valence-corrected chi connectivity index (χ0v) is 11.1. The number of benzene rings is 1. The molecule has 0 aliphatic carbocycles. The van der Waals surface area contributed by atoms with Gasteiger partial charge < -0.3 is 14.8 Å². The van der Waals surface area contributed by atoms with Crippen LogP contribution in [0.15, 0.2) is 41.3 Å². The third kappa shape index (κ3) is 2.97. The van der Waals surface area contributed by atoms with Crippen molar-refractivity contribution < 1.29 is 10.2 Å². The number of pyridine rings is 1. The van der Waals surface area contributed by atoms with E-state index < -0.39 is 11.5 Å². The highest BCUT2D eigenvalue weighted by Gasteiger charge is 2.11. The van der Waals surface area contributed by atoms with Crippen molar-refractivity contribution in [3.05, 3.63) is 63.0 Å². The smallest absolute Gasteiger partial charge is 0.223 e. The molecule has 1 aromatic heterocycles. The molecule has 0 bridgehead atoms. The number of nitrogens with zero attached hydrogens (tertiary/aromatic N) is 1. The van der Waals surface area contributed by atoms with Gasteiger partial charge in [-0.15, -0.1) is 0 Å². The van der Waals surface area contributed by atoms with E-state index in [0.717, 1.165) is 5.56 Å². The topological polar surface area (TPSA) is 62.5 Å². The molecule has 2 aromatic rings. The van der Waals surface area contributed by atoms with Gasteiger partial charge >= 0.3 is 0 Å². The molecular weight excluding hydrogens is 266 g/mol. The lowest BCUT2D eigenvalue weighted by molar-refractivity contribution is 0.155. The molecule has 0 saturated heterocycles. The van der Waals surface area contributed by atoms with Crippen LogP contribution in [0.1, 0.15) is 17.4 Å². The van der Waals surface area contributed by atoms with Crippen molar-refractivity contribution in [2.24, 2.45) is 0 Å². The summed E-state index contributed by atoms with van der Waals surface area (Å²) >= 11 is 5.79. The fourth-order valence-corrected chi connectivity index (χ4v) is 1.96. The van der Waals surface area contributed by atoms with Gasteiger partial charge in [0.2, 0.25) is 5.43 Å². The number of aromatic nitrogens is 1. The van der Waals surface area contributed by atoms with Gasteiger partial charge in [-0.3, -0.25) is 4.79 Å². The minimum Gasteiger partial charge on any atom is -0.503 e. The molecule has 0 aliphatic heterocycles. The summed E-state index contributed by atoms with van der Waals surface area (Å²) in [6.07, 6.45) is 0.814. The average molecular weight is 280 g/mol. The summed E-state index contributed by atoms with van der Waals surface area (Å²) < 4.78 is 1.63. The molecular formula is C14H14ClNO3. The Labute approximate surface area is 115 Å². The Kier molecular flexibility index (Phi) is 3.93. The van der Waals surface area contributed by atoms with E-state index in [9.17, 15) is 15.0 Å². The highest BCUT2D eigenvalue weighted by Crippen LogP contribution is 2.19. The number of aliphatic hydroxyl groups excluding tert-OH is 1.